The molecule has 1 aromatic rings. The maximum atomic E-state index is 9.38. The van der Waals surface area contributed by atoms with E-state index in [4.69, 9.17) is 5.73 Å². The molecule has 0 aliphatic carbocycles. The number of phenols is 1. The summed E-state index contributed by atoms with van der Waals surface area (Å²) in [6.07, 6.45) is 0. The summed E-state index contributed by atoms with van der Waals surface area (Å²) < 4.78 is 1.31. The molecule has 0 heterocycles. The highest BCUT2D eigenvalue weighted by Gasteiger charge is 2.07. The molecule has 1 atom stereocenters. The molecule has 0 fully saturated rings. The van der Waals surface area contributed by atoms with Gasteiger partial charge in [-0.1, -0.05) is 0 Å². The van der Waals surface area contributed by atoms with Crippen molar-refractivity contribution in [3.8, 4) is 5.75 Å². The van der Waals surface area contributed by atoms with Crippen LogP contribution in [0.5, 0.6) is 5.75 Å². The number of aromatic hydroxyl groups is 1. The zero-order chi connectivity index (χ0) is 9.30. The van der Waals surface area contributed by atoms with Crippen molar-refractivity contribution in [2.24, 2.45) is 5.73 Å². The molecule has 0 amide bonds. The lowest BCUT2D eigenvalue weighted by molar-refractivity contribution is 0.468. The topological polar surface area (TPSA) is 46.2 Å². The first-order valence-electron chi connectivity index (χ1n) is 3.46. The Morgan fingerprint density at radius 2 is 1.75 bits per heavy atom. The van der Waals surface area contributed by atoms with Crippen LogP contribution in [0.15, 0.2) is 21.1 Å². The van der Waals surface area contributed by atoms with Crippen molar-refractivity contribution in [3.05, 3.63) is 26.6 Å². The van der Waals surface area contributed by atoms with Crippen molar-refractivity contribution >= 4 is 31.9 Å². The standard InChI is InChI=1S/C8H9Br2NO/c1-4(11)5-2-6(9)8(12)7(10)3-5/h2-4,12H,11H2,1H3/t4-/m1/s1. The number of benzene rings is 1. The first-order chi connectivity index (χ1) is 5.52. The predicted molar refractivity (Wildman–Crippen MR) is 56.1 cm³/mol. The molecule has 0 aliphatic rings. The van der Waals surface area contributed by atoms with Gasteiger partial charge in [-0.2, -0.15) is 0 Å². The van der Waals surface area contributed by atoms with Crippen molar-refractivity contribution in [3.63, 3.8) is 0 Å². The van der Waals surface area contributed by atoms with Crippen LogP contribution >= 0.6 is 31.9 Å². The first-order valence-corrected chi connectivity index (χ1v) is 5.04. The van der Waals surface area contributed by atoms with Gasteiger partial charge in [-0.15, -0.1) is 0 Å². The van der Waals surface area contributed by atoms with E-state index in [0.29, 0.717) is 8.95 Å². The molecule has 0 aromatic heterocycles. The second-order valence-corrected chi connectivity index (χ2v) is 4.33. The summed E-state index contributed by atoms with van der Waals surface area (Å²) in [5.74, 6) is 0.208. The summed E-state index contributed by atoms with van der Waals surface area (Å²) in [6, 6.07) is 3.59. The molecule has 0 aliphatic heterocycles. The van der Waals surface area contributed by atoms with E-state index in [-0.39, 0.29) is 11.8 Å². The van der Waals surface area contributed by atoms with E-state index in [1.54, 1.807) is 0 Å². The lowest BCUT2D eigenvalue weighted by atomic mass is 10.1. The van der Waals surface area contributed by atoms with Crippen LogP contribution in [0.4, 0.5) is 0 Å². The number of halogens is 2. The third-order valence-corrected chi connectivity index (χ3v) is 2.77. The average Bonchev–Trinajstić information content (AvgIpc) is 1.99. The van der Waals surface area contributed by atoms with Crippen molar-refractivity contribution < 1.29 is 5.11 Å². The van der Waals surface area contributed by atoms with Gasteiger partial charge in [0.15, 0.2) is 0 Å². The quantitative estimate of drug-likeness (QED) is 0.836. The summed E-state index contributed by atoms with van der Waals surface area (Å²) in [6.45, 7) is 1.89. The Balaban J connectivity index is 3.21. The fourth-order valence-electron chi connectivity index (χ4n) is 0.848. The molecular weight excluding hydrogens is 286 g/mol. The summed E-state index contributed by atoms with van der Waals surface area (Å²) in [5, 5.41) is 9.38. The normalized spacial score (nSPS) is 13.0. The molecule has 0 bridgehead atoms. The third kappa shape index (κ3) is 2.00. The Bertz CT molecular complexity index is 276. The SMILES string of the molecule is C[C@@H](N)c1cc(Br)c(O)c(Br)c1. The van der Waals surface area contributed by atoms with Gasteiger partial charge in [0.1, 0.15) is 5.75 Å². The van der Waals surface area contributed by atoms with E-state index in [9.17, 15) is 5.11 Å². The van der Waals surface area contributed by atoms with Crippen molar-refractivity contribution in [2.75, 3.05) is 0 Å². The Kier molecular flexibility index (Phi) is 3.15. The lowest BCUT2D eigenvalue weighted by Gasteiger charge is -2.08. The number of nitrogens with two attached hydrogens (primary N) is 1. The van der Waals surface area contributed by atoms with Crippen LogP contribution in [-0.4, -0.2) is 5.11 Å². The summed E-state index contributed by atoms with van der Waals surface area (Å²) in [4.78, 5) is 0. The van der Waals surface area contributed by atoms with E-state index in [1.807, 2.05) is 19.1 Å². The van der Waals surface area contributed by atoms with Gasteiger partial charge in [-0.25, -0.2) is 0 Å². The maximum absolute atomic E-state index is 9.38. The Morgan fingerprint density at radius 3 is 2.08 bits per heavy atom. The molecule has 4 heteroatoms. The number of rotatable bonds is 1. The van der Waals surface area contributed by atoms with Crippen molar-refractivity contribution in [1.82, 2.24) is 0 Å². The number of hydrogen-bond acceptors (Lipinski definition) is 2. The van der Waals surface area contributed by atoms with Crippen LogP contribution < -0.4 is 5.73 Å². The number of phenolic OH excluding ortho intramolecular Hbond substituents is 1. The lowest BCUT2D eigenvalue weighted by Crippen LogP contribution is -2.04. The molecule has 3 N–H and O–H groups in total. The Labute approximate surface area is 88.0 Å². The number of hydrogen-bond donors (Lipinski definition) is 2. The van der Waals surface area contributed by atoms with Gasteiger partial charge < -0.3 is 10.8 Å². The summed E-state index contributed by atoms with van der Waals surface area (Å²) in [5.41, 5.74) is 6.66. The minimum absolute atomic E-state index is 0.0294. The molecule has 0 saturated carbocycles. The van der Waals surface area contributed by atoms with Gasteiger partial charge in [0.05, 0.1) is 8.95 Å². The van der Waals surface area contributed by atoms with E-state index >= 15 is 0 Å². The summed E-state index contributed by atoms with van der Waals surface area (Å²) in [7, 11) is 0. The minimum atomic E-state index is -0.0294. The molecule has 1 rings (SSSR count). The van der Waals surface area contributed by atoms with Gasteiger partial charge >= 0.3 is 0 Å². The maximum Gasteiger partial charge on any atom is 0.143 e. The van der Waals surface area contributed by atoms with Crippen molar-refractivity contribution in [1.29, 1.82) is 0 Å². The molecule has 0 radical (unpaired) electrons. The van der Waals surface area contributed by atoms with Gasteiger partial charge in [-0.3, -0.25) is 0 Å². The average molecular weight is 295 g/mol. The predicted octanol–water partition coefficient (Wildman–Crippen LogP) is 2.94. The van der Waals surface area contributed by atoms with Crippen LogP contribution in [0.1, 0.15) is 18.5 Å². The third-order valence-electron chi connectivity index (χ3n) is 1.57. The molecule has 0 saturated heterocycles. The van der Waals surface area contributed by atoms with Crippen LogP contribution in [0.3, 0.4) is 0 Å². The van der Waals surface area contributed by atoms with Crippen molar-refractivity contribution in [2.45, 2.75) is 13.0 Å². The first kappa shape index (κ1) is 10.0. The largest absolute Gasteiger partial charge is 0.506 e. The zero-order valence-corrected chi connectivity index (χ0v) is 9.68. The van der Waals surface area contributed by atoms with Crippen LogP contribution in [0.2, 0.25) is 0 Å². The van der Waals surface area contributed by atoms with E-state index in [1.165, 1.54) is 0 Å². The van der Waals surface area contributed by atoms with E-state index in [2.05, 4.69) is 31.9 Å². The van der Waals surface area contributed by atoms with Gasteiger partial charge in [0, 0.05) is 6.04 Å². The van der Waals surface area contributed by atoms with Crippen LogP contribution in [-0.2, 0) is 0 Å². The molecule has 1 aromatic carbocycles. The second-order valence-electron chi connectivity index (χ2n) is 2.62. The van der Waals surface area contributed by atoms with Gasteiger partial charge in [-0.05, 0) is 56.5 Å². The van der Waals surface area contributed by atoms with Crippen LogP contribution in [0.25, 0.3) is 0 Å². The van der Waals surface area contributed by atoms with Gasteiger partial charge in [0.25, 0.3) is 0 Å². The summed E-state index contributed by atoms with van der Waals surface area (Å²) >= 11 is 6.46. The second kappa shape index (κ2) is 3.77. The highest BCUT2D eigenvalue weighted by Crippen LogP contribution is 2.34. The molecule has 66 valence electrons. The molecule has 0 unspecified atom stereocenters. The fourth-order valence-corrected chi connectivity index (χ4v) is 2.07. The molecule has 12 heavy (non-hydrogen) atoms. The monoisotopic (exact) mass is 293 g/mol. The molecular formula is C8H9Br2NO. The molecule has 2 nitrogen and oxygen atoms in total. The van der Waals surface area contributed by atoms with Gasteiger partial charge in [0.2, 0.25) is 0 Å². The van der Waals surface area contributed by atoms with Crippen LogP contribution in [0, 0.1) is 0 Å². The van der Waals surface area contributed by atoms with E-state index < -0.39 is 0 Å². The highest BCUT2D eigenvalue weighted by molar-refractivity contribution is 9.11. The smallest absolute Gasteiger partial charge is 0.143 e. The highest BCUT2D eigenvalue weighted by atomic mass is 79.9. The van der Waals surface area contributed by atoms with E-state index in [0.717, 1.165) is 5.56 Å². The minimum Gasteiger partial charge on any atom is -0.506 e. The Morgan fingerprint density at radius 1 is 1.33 bits per heavy atom. The fraction of sp³-hybridized carbons (Fsp3) is 0.250. The molecule has 0 spiro atoms. The Hall–Kier alpha value is -0.0600. The zero-order valence-electron chi connectivity index (χ0n) is 6.51.